The zero-order valence-corrected chi connectivity index (χ0v) is 6.68. The molecule has 0 aromatic heterocycles. The molecule has 0 radical (unpaired) electrons. The largest absolute Gasteiger partial charge is 0.480 e. The monoisotopic (exact) mass is 149 g/mol. The van der Waals surface area contributed by atoms with Crippen molar-refractivity contribution in [2.24, 2.45) is 0 Å². The fourth-order valence-electron chi connectivity index (χ4n) is 0.0676. The molecule has 0 amide bonds. The fraction of sp³-hybridized carbons (Fsp3) is 0.333. The van der Waals surface area contributed by atoms with Crippen molar-refractivity contribution in [3.8, 4) is 6.07 Å². The molecule has 0 aromatic carbocycles. The van der Waals surface area contributed by atoms with Crippen LogP contribution in [0.3, 0.4) is 0 Å². The molecule has 0 rings (SSSR count). The van der Waals surface area contributed by atoms with Gasteiger partial charge in [-0.05, 0) is 0 Å². The molecule has 3 nitrogen and oxygen atoms in total. The molecule has 0 aliphatic rings. The van der Waals surface area contributed by atoms with Crippen LogP contribution in [-0.2, 0) is 24.3 Å². The first-order valence-electron chi connectivity index (χ1n) is 1.36. The van der Waals surface area contributed by atoms with Crippen LogP contribution in [0, 0.1) is 11.3 Å². The van der Waals surface area contributed by atoms with Crippen molar-refractivity contribution < 1.29 is 29.4 Å². The molecule has 0 spiro atoms. The number of aliphatic carboxylic acids is 1. The van der Waals surface area contributed by atoms with Crippen LogP contribution in [0.1, 0.15) is 6.42 Å². The minimum absolute atomic E-state index is 0. The molecule has 0 aliphatic carbocycles. The second kappa shape index (κ2) is 5.58. The molecule has 4 heteroatoms. The number of carboxylic acids is 1. The zero-order chi connectivity index (χ0) is 4.99. The van der Waals surface area contributed by atoms with Crippen molar-refractivity contribution in [2.45, 2.75) is 6.42 Å². The van der Waals surface area contributed by atoms with E-state index in [1.165, 1.54) is 6.07 Å². The molecule has 1 N–H and O–H groups in total. The molecule has 0 aromatic rings. The smallest absolute Gasteiger partial charge is 0.317 e. The van der Waals surface area contributed by atoms with Gasteiger partial charge in [0.15, 0.2) is 0 Å². The second-order valence-electron chi connectivity index (χ2n) is 0.729. The molecular weight excluding hydrogens is 147 g/mol. The Bertz CT molecular complexity index is 95.6. The summed E-state index contributed by atoms with van der Waals surface area (Å²) >= 11 is 0. The number of nitrogens with zero attached hydrogens (tertiary/aromatic N) is 1. The van der Waals surface area contributed by atoms with Gasteiger partial charge in [0.05, 0.1) is 6.07 Å². The van der Waals surface area contributed by atoms with Gasteiger partial charge in [-0.15, -0.1) is 0 Å². The summed E-state index contributed by atoms with van der Waals surface area (Å²) in [5.74, 6) is -1.07. The van der Waals surface area contributed by atoms with Crippen LogP contribution in [0.4, 0.5) is 0 Å². The normalized spacial score (nSPS) is 5.57. The summed E-state index contributed by atoms with van der Waals surface area (Å²) in [4.78, 5) is 9.38. The topological polar surface area (TPSA) is 61.1 Å². The summed E-state index contributed by atoms with van der Waals surface area (Å²) in [6.07, 6.45) is -0.403. The molecule has 7 heavy (non-hydrogen) atoms. The third-order valence-corrected chi connectivity index (χ3v) is 0.230. The van der Waals surface area contributed by atoms with Gasteiger partial charge in [0.2, 0.25) is 0 Å². The van der Waals surface area contributed by atoms with E-state index in [0.717, 1.165) is 0 Å². The quantitative estimate of drug-likeness (QED) is 0.535. The number of carbonyl (C=O) groups is 1. The summed E-state index contributed by atoms with van der Waals surface area (Å²) in [5, 5.41) is 15.3. The van der Waals surface area contributed by atoms with E-state index in [2.05, 4.69) is 0 Å². The van der Waals surface area contributed by atoms with Crippen LogP contribution in [0.5, 0.6) is 0 Å². The van der Waals surface area contributed by atoms with Crippen LogP contribution in [-0.4, -0.2) is 11.1 Å². The van der Waals surface area contributed by atoms with Gasteiger partial charge in [0.25, 0.3) is 0 Å². The molecule has 0 saturated heterocycles. The number of hydrogen-bond acceptors (Lipinski definition) is 2. The van der Waals surface area contributed by atoms with E-state index >= 15 is 0 Å². The van der Waals surface area contributed by atoms with Gasteiger partial charge in [-0.1, -0.05) is 0 Å². The van der Waals surface area contributed by atoms with Gasteiger partial charge in [-0.3, -0.25) is 4.79 Å². The Labute approximate surface area is 53.7 Å². The van der Waals surface area contributed by atoms with Gasteiger partial charge in [-0.2, -0.15) is 5.26 Å². The van der Waals surface area contributed by atoms with Crippen LogP contribution in [0.15, 0.2) is 0 Å². The second-order valence-corrected chi connectivity index (χ2v) is 0.729. The van der Waals surface area contributed by atoms with Gasteiger partial charge >= 0.3 is 5.97 Å². The van der Waals surface area contributed by atoms with Crippen molar-refractivity contribution in [3.05, 3.63) is 0 Å². The summed E-state index contributed by atoms with van der Waals surface area (Å²) < 4.78 is 0. The van der Waals surface area contributed by atoms with Crippen LogP contribution >= 0.6 is 0 Å². The Kier molecular flexibility index (Phi) is 7.79. The van der Waals surface area contributed by atoms with Gasteiger partial charge in [-0.25, -0.2) is 0 Å². The molecule has 0 unspecified atom stereocenters. The molecule has 0 bridgehead atoms. The molecule has 34 valence electrons. The predicted octanol–water partition coefficient (Wildman–Crippen LogP) is -0.0178. The Morgan fingerprint density at radius 1 is 1.86 bits per heavy atom. The van der Waals surface area contributed by atoms with Crippen molar-refractivity contribution in [1.82, 2.24) is 0 Å². The minimum atomic E-state index is -1.07. The number of nitriles is 1. The molecule has 0 atom stereocenters. The number of carboxylic acid groups (broad SMARTS) is 1. The maximum absolute atomic E-state index is 9.38. The van der Waals surface area contributed by atoms with E-state index in [0.29, 0.717) is 0 Å². The third-order valence-electron chi connectivity index (χ3n) is 0.230. The SMILES string of the molecule is N#CCC(=O)O.[Zn]. The fourth-order valence-corrected chi connectivity index (χ4v) is 0.0676. The van der Waals surface area contributed by atoms with E-state index in [1.807, 2.05) is 0 Å². The van der Waals surface area contributed by atoms with Gasteiger partial charge in [0, 0.05) is 19.5 Å². The molecule has 0 heterocycles. The average molecular weight is 150 g/mol. The van der Waals surface area contributed by atoms with Crippen LogP contribution in [0.2, 0.25) is 0 Å². The Balaban J connectivity index is 0. The summed E-state index contributed by atoms with van der Waals surface area (Å²) in [6, 6.07) is 1.47. The Morgan fingerprint density at radius 2 is 2.29 bits per heavy atom. The van der Waals surface area contributed by atoms with Gasteiger partial charge < -0.3 is 5.11 Å². The number of rotatable bonds is 1. The van der Waals surface area contributed by atoms with Crippen molar-refractivity contribution in [3.63, 3.8) is 0 Å². The van der Waals surface area contributed by atoms with E-state index in [-0.39, 0.29) is 19.5 Å². The molecule has 0 saturated carbocycles. The standard InChI is InChI=1S/C3H3NO2.Zn/c4-2-1-3(5)6;/h1H2,(H,5,6);. The zero-order valence-electron chi connectivity index (χ0n) is 3.72. The van der Waals surface area contributed by atoms with Crippen LogP contribution in [0.25, 0.3) is 0 Å². The van der Waals surface area contributed by atoms with Crippen LogP contribution < -0.4 is 0 Å². The van der Waals surface area contributed by atoms with Crippen molar-refractivity contribution >= 4 is 5.97 Å². The maximum Gasteiger partial charge on any atom is 0.317 e. The first kappa shape index (κ1) is 9.77. The minimum Gasteiger partial charge on any atom is -0.480 e. The Hall–Kier alpha value is -0.417. The summed E-state index contributed by atoms with van der Waals surface area (Å²) in [6.45, 7) is 0. The third kappa shape index (κ3) is 10.7. The molecule has 0 fully saturated rings. The van der Waals surface area contributed by atoms with E-state index in [4.69, 9.17) is 10.4 Å². The van der Waals surface area contributed by atoms with E-state index in [1.54, 1.807) is 0 Å². The van der Waals surface area contributed by atoms with Crippen molar-refractivity contribution in [2.75, 3.05) is 0 Å². The first-order chi connectivity index (χ1) is 2.77. The van der Waals surface area contributed by atoms with Gasteiger partial charge in [0.1, 0.15) is 6.42 Å². The average Bonchev–Trinajstić information content (AvgIpc) is 1.35. The molecular formula is C3H3NO2Zn. The molecule has 0 aliphatic heterocycles. The Morgan fingerprint density at radius 3 is 2.29 bits per heavy atom. The predicted molar refractivity (Wildman–Crippen MR) is 17.9 cm³/mol. The number of hydrogen-bond donors (Lipinski definition) is 1. The van der Waals surface area contributed by atoms with E-state index in [9.17, 15) is 4.79 Å². The first-order valence-corrected chi connectivity index (χ1v) is 1.36. The summed E-state index contributed by atoms with van der Waals surface area (Å²) in [5.41, 5.74) is 0. The maximum atomic E-state index is 9.38. The van der Waals surface area contributed by atoms with E-state index < -0.39 is 12.4 Å². The van der Waals surface area contributed by atoms with Crippen molar-refractivity contribution in [1.29, 1.82) is 5.26 Å². The summed E-state index contributed by atoms with van der Waals surface area (Å²) in [7, 11) is 0.